The van der Waals surface area contributed by atoms with Gasteiger partial charge in [0.15, 0.2) is 0 Å². The van der Waals surface area contributed by atoms with E-state index >= 15 is 0 Å². The maximum absolute atomic E-state index is 13.6. The Morgan fingerprint density at radius 3 is 2.43 bits per heavy atom. The summed E-state index contributed by atoms with van der Waals surface area (Å²) in [6.07, 6.45) is -0.640. The van der Waals surface area contributed by atoms with Crippen molar-refractivity contribution in [3.63, 3.8) is 0 Å². The summed E-state index contributed by atoms with van der Waals surface area (Å²) in [6.45, 7) is 2.13. The van der Waals surface area contributed by atoms with E-state index in [0.29, 0.717) is 39.5 Å². The number of ether oxygens (including phenoxy) is 1. The second kappa shape index (κ2) is 15.4. The fraction of sp³-hybridized carbons (Fsp3) is 0.471. The summed E-state index contributed by atoms with van der Waals surface area (Å²) in [5.41, 5.74) is 2.17. The highest BCUT2D eigenvalue weighted by Gasteiger charge is 2.30. The molecule has 0 atom stereocenters. The lowest BCUT2D eigenvalue weighted by Crippen LogP contribution is -2.44. The molecular formula is C34H43F3N6O3. The van der Waals surface area contributed by atoms with Crippen LogP contribution in [-0.2, 0) is 6.42 Å². The molecule has 4 rings (SSSR count). The van der Waals surface area contributed by atoms with Crippen molar-refractivity contribution in [3.05, 3.63) is 58.8 Å². The number of anilines is 1. The average Bonchev–Trinajstić information content (AvgIpc) is 3.42. The Morgan fingerprint density at radius 1 is 1.04 bits per heavy atom. The van der Waals surface area contributed by atoms with Gasteiger partial charge in [-0.1, -0.05) is 11.8 Å². The molecule has 1 fully saturated rings. The molecule has 0 saturated heterocycles. The van der Waals surface area contributed by atoms with Crippen molar-refractivity contribution in [2.45, 2.75) is 50.4 Å². The number of carbonyl (C=O) groups excluding carboxylic acids is 2. The normalized spacial score (nSPS) is 16.7. The van der Waals surface area contributed by atoms with Gasteiger partial charge in [0.05, 0.1) is 36.8 Å². The number of benzene rings is 2. The molecule has 2 aromatic carbocycles. The maximum Gasteiger partial charge on any atom is 0.393 e. The minimum atomic E-state index is -4.41. The van der Waals surface area contributed by atoms with Crippen LogP contribution >= 0.6 is 0 Å². The van der Waals surface area contributed by atoms with Gasteiger partial charge in [-0.3, -0.25) is 9.59 Å². The highest BCUT2D eigenvalue weighted by molar-refractivity contribution is 6.07. The fourth-order valence-electron chi connectivity index (χ4n) is 5.77. The van der Waals surface area contributed by atoms with E-state index in [1.54, 1.807) is 37.4 Å². The monoisotopic (exact) mass is 640 g/mol. The number of aromatic nitrogens is 1. The summed E-state index contributed by atoms with van der Waals surface area (Å²) in [7, 11) is 9.28. The quantitative estimate of drug-likeness (QED) is 0.228. The molecule has 248 valence electrons. The summed E-state index contributed by atoms with van der Waals surface area (Å²) in [5, 5.41) is 9.15. The van der Waals surface area contributed by atoms with Crippen LogP contribution in [0.4, 0.5) is 18.9 Å². The van der Waals surface area contributed by atoms with Crippen LogP contribution in [0.3, 0.4) is 0 Å². The summed E-state index contributed by atoms with van der Waals surface area (Å²) in [5.74, 6) is 5.86. The van der Waals surface area contributed by atoms with E-state index in [0.717, 1.165) is 38.8 Å². The molecule has 3 aromatic rings. The van der Waals surface area contributed by atoms with Crippen LogP contribution in [0.15, 0.2) is 36.5 Å². The average molecular weight is 641 g/mol. The summed E-state index contributed by atoms with van der Waals surface area (Å²) in [6, 6.07) is 8.61. The number of methoxy groups -OCH3 is 1. The zero-order valence-corrected chi connectivity index (χ0v) is 27.0. The third kappa shape index (κ3) is 9.17. The molecule has 46 heavy (non-hydrogen) atoms. The van der Waals surface area contributed by atoms with Crippen molar-refractivity contribution in [1.29, 1.82) is 0 Å². The van der Waals surface area contributed by atoms with Crippen LogP contribution < -0.4 is 20.7 Å². The first-order valence-corrected chi connectivity index (χ1v) is 15.4. The second-order valence-corrected chi connectivity index (χ2v) is 12.0. The lowest BCUT2D eigenvalue weighted by molar-refractivity contribution is -0.127. The molecule has 9 nitrogen and oxygen atoms in total. The number of aromatic amines is 1. The topological polar surface area (TPSA) is 102 Å². The van der Waals surface area contributed by atoms with E-state index in [1.807, 2.05) is 0 Å². The van der Waals surface area contributed by atoms with Crippen molar-refractivity contribution < 1.29 is 27.5 Å². The van der Waals surface area contributed by atoms with Crippen molar-refractivity contribution in [1.82, 2.24) is 25.4 Å². The number of hydrogen-bond acceptors (Lipinski definition) is 6. The van der Waals surface area contributed by atoms with Gasteiger partial charge in [-0.05, 0) is 82.7 Å². The Kier molecular flexibility index (Phi) is 11.6. The predicted molar refractivity (Wildman–Crippen MR) is 175 cm³/mol. The van der Waals surface area contributed by atoms with Crippen molar-refractivity contribution in [2.24, 2.45) is 0 Å². The molecule has 4 N–H and O–H groups in total. The smallest absolute Gasteiger partial charge is 0.393 e. The molecule has 0 spiro atoms. The molecule has 1 saturated carbocycles. The summed E-state index contributed by atoms with van der Waals surface area (Å²) >= 11 is 0. The van der Waals surface area contributed by atoms with E-state index in [2.05, 4.69) is 63.7 Å². The van der Waals surface area contributed by atoms with Crippen molar-refractivity contribution in [2.75, 3.05) is 60.3 Å². The largest absolute Gasteiger partial charge is 0.495 e. The zero-order chi connectivity index (χ0) is 33.4. The van der Waals surface area contributed by atoms with Crippen LogP contribution in [0.5, 0.6) is 5.75 Å². The predicted octanol–water partition coefficient (Wildman–Crippen LogP) is 4.64. The van der Waals surface area contributed by atoms with E-state index in [1.165, 1.54) is 13.3 Å². The Balaban J connectivity index is 1.51. The number of likely N-dealkylation sites (N-methyl/N-ethyl adjacent to an activating group) is 2. The first-order chi connectivity index (χ1) is 21.9. The number of rotatable bonds is 11. The molecule has 2 amide bonds. The Hall–Kier alpha value is -4.21. The molecule has 1 heterocycles. The fourth-order valence-corrected chi connectivity index (χ4v) is 5.77. The summed E-state index contributed by atoms with van der Waals surface area (Å²) < 4.78 is 45.5. The van der Waals surface area contributed by atoms with Gasteiger partial charge in [-0.25, -0.2) is 0 Å². The number of H-pyrrole nitrogens is 1. The number of halogens is 3. The third-order valence-corrected chi connectivity index (χ3v) is 8.36. The number of nitrogens with zero attached hydrogens (tertiary/aromatic N) is 2. The molecular weight excluding hydrogens is 597 g/mol. The van der Waals surface area contributed by atoms with Gasteiger partial charge in [-0.2, -0.15) is 13.2 Å². The van der Waals surface area contributed by atoms with E-state index in [9.17, 15) is 22.8 Å². The molecule has 1 aliphatic rings. The van der Waals surface area contributed by atoms with Gasteiger partial charge in [0.1, 0.15) is 5.75 Å². The lowest BCUT2D eigenvalue weighted by atomic mass is 9.90. The van der Waals surface area contributed by atoms with Gasteiger partial charge in [0.25, 0.3) is 11.8 Å². The third-order valence-electron chi connectivity index (χ3n) is 8.36. The minimum absolute atomic E-state index is 0.0191. The number of fused-ring (bicyclic) bond motifs is 1. The van der Waals surface area contributed by atoms with Crippen LogP contribution in [0.25, 0.3) is 10.9 Å². The van der Waals surface area contributed by atoms with Gasteiger partial charge in [0, 0.05) is 54.9 Å². The van der Waals surface area contributed by atoms with Gasteiger partial charge in [0.2, 0.25) is 0 Å². The number of nitrogens with one attached hydrogen (secondary N) is 4. The van der Waals surface area contributed by atoms with E-state index < -0.39 is 12.6 Å². The Labute approximate surface area is 268 Å². The van der Waals surface area contributed by atoms with Crippen molar-refractivity contribution >= 4 is 28.4 Å². The first-order valence-electron chi connectivity index (χ1n) is 15.4. The van der Waals surface area contributed by atoms with Crippen LogP contribution in [-0.4, -0.2) is 99.8 Å². The highest BCUT2D eigenvalue weighted by Crippen LogP contribution is 2.30. The zero-order valence-electron chi connectivity index (χ0n) is 27.0. The molecule has 0 aliphatic heterocycles. The molecule has 1 aliphatic carbocycles. The van der Waals surface area contributed by atoms with Gasteiger partial charge < -0.3 is 35.5 Å². The Bertz CT molecular complexity index is 1580. The van der Waals surface area contributed by atoms with Crippen LogP contribution in [0, 0.1) is 11.8 Å². The molecule has 0 unspecified atom stereocenters. The molecule has 12 heteroatoms. The molecule has 1 aromatic heterocycles. The molecule has 0 radical (unpaired) electrons. The lowest BCUT2D eigenvalue weighted by Gasteiger charge is -2.35. The molecule has 0 bridgehead atoms. The number of carbonyl (C=O) groups is 2. The van der Waals surface area contributed by atoms with Gasteiger partial charge in [-0.15, -0.1) is 0 Å². The SMILES string of the molecule is CNC(=O)c1ccc(NCC#Cc2cc(C(=O)NC3CCC(N(C)CCN(C)C)CC3)c3[nH]cc(CC(F)(F)F)c3c2)c(OC)c1. The highest BCUT2D eigenvalue weighted by atomic mass is 19.4. The van der Waals surface area contributed by atoms with Gasteiger partial charge >= 0.3 is 6.18 Å². The second-order valence-electron chi connectivity index (χ2n) is 12.0. The van der Waals surface area contributed by atoms with E-state index in [4.69, 9.17) is 4.74 Å². The number of amides is 2. The van der Waals surface area contributed by atoms with Crippen LogP contribution in [0.2, 0.25) is 0 Å². The minimum Gasteiger partial charge on any atom is -0.495 e. The standard InChI is InChI=1S/C34H43F3N6O3/c1-38-32(44)23-8-13-29(30(19-23)46-5)39-14-6-7-22-17-27-24(20-34(35,36)37)21-40-31(27)28(18-22)33(45)41-25-9-11-26(12-10-25)43(4)16-15-42(2)3/h8,13,17-19,21,25-26,39-40H,9-12,14-16,20H2,1-5H3,(H,38,44)(H,41,45). The van der Waals surface area contributed by atoms with E-state index in [-0.39, 0.29) is 35.5 Å². The van der Waals surface area contributed by atoms with Crippen LogP contribution in [0.1, 0.15) is 57.5 Å². The first kappa shape index (κ1) is 34.7. The Morgan fingerprint density at radius 2 is 1.78 bits per heavy atom. The van der Waals surface area contributed by atoms with Crippen molar-refractivity contribution in [3.8, 4) is 17.6 Å². The maximum atomic E-state index is 13.6. The number of hydrogen-bond donors (Lipinski definition) is 4. The number of alkyl halides is 3. The summed E-state index contributed by atoms with van der Waals surface area (Å²) in [4.78, 5) is 33.0.